The molecular formula is C23H26N2O3. The van der Waals surface area contributed by atoms with E-state index in [1.165, 1.54) is 41.9 Å². The van der Waals surface area contributed by atoms with Crippen molar-refractivity contribution in [1.29, 1.82) is 0 Å². The van der Waals surface area contributed by atoms with Crippen molar-refractivity contribution in [2.45, 2.75) is 44.9 Å². The second-order valence-corrected chi connectivity index (χ2v) is 7.29. The summed E-state index contributed by atoms with van der Waals surface area (Å²) in [6.45, 7) is 0.724. The standard InChI is InChI=1S/C23H26N2O3/c26-21-13-14-22(27)25(21)16-6-15-24-23(28)20-11-9-19(10-12-20)17-18-7-4-2-1-3-5-8-18/h9-14,18H,1-4,6-7,15-17H2,(H,24,28). The van der Waals surface area contributed by atoms with E-state index in [-0.39, 0.29) is 17.7 Å². The summed E-state index contributed by atoms with van der Waals surface area (Å²) in [4.78, 5) is 36.4. The molecule has 0 fully saturated rings. The van der Waals surface area contributed by atoms with Crippen molar-refractivity contribution in [2.24, 2.45) is 5.92 Å². The van der Waals surface area contributed by atoms with Gasteiger partial charge in [-0.1, -0.05) is 30.9 Å². The predicted molar refractivity (Wildman–Crippen MR) is 107 cm³/mol. The Morgan fingerprint density at radius 3 is 2.57 bits per heavy atom. The van der Waals surface area contributed by atoms with Gasteiger partial charge >= 0.3 is 0 Å². The smallest absolute Gasteiger partial charge is 0.253 e. The number of carbonyl (C=O) groups excluding carboxylic acids is 3. The van der Waals surface area contributed by atoms with Gasteiger partial charge in [0, 0.05) is 43.1 Å². The van der Waals surface area contributed by atoms with Gasteiger partial charge in [-0.2, -0.15) is 0 Å². The molecule has 1 aromatic carbocycles. The zero-order chi connectivity index (χ0) is 19.8. The highest BCUT2D eigenvalue weighted by molar-refractivity contribution is 6.12. The SMILES string of the molecule is O=C(NCCCN1C(=O)C=CC1=O)c1ccc(CC2C#CCCCCC2)cc1. The van der Waals surface area contributed by atoms with Crippen molar-refractivity contribution in [3.8, 4) is 11.8 Å². The molecule has 1 heterocycles. The van der Waals surface area contributed by atoms with Crippen LogP contribution in [-0.2, 0) is 16.0 Å². The molecule has 0 aromatic heterocycles. The number of rotatable bonds is 7. The van der Waals surface area contributed by atoms with Crippen LogP contribution in [0.15, 0.2) is 36.4 Å². The molecule has 3 amide bonds. The van der Waals surface area contributed by atoms with Gasteiger partial charge < -0.3 is 5.32 Å². The number of amides is 3. The number of benzene rings is 1. The lowest BCUT2D eigenvalue weighted by molar-refractivity contribution is -0.136. The molecule has 1 unspecified atom stereocenters. The maximum Gasteiger partial charge on any atom is 0.253 e. The molecule has 146 valence electrons. The van der Waals surface area contributed by atoms with E-state index in [0.29, 0.717) is 31.0 Å². The summed E-state index contributed by atoms with van der Waals surface area (Å²) in [5, 5.41) is 2.84. The monoisotopic (exact) mass is 378 g/mol. The molecule has 3 rings (SSSR count). The summed E-state index contributed by atoms with van der Waals surface area (Å²) in [6, 6.07) is 7.70. The van der Waals surface area contributed by atoms with Crippen LogP contribution in [0.25, 0.3) is 0 Å². The normalized spacial score (nSPS) is 19.0. The Kier molecular flexibility index (Phi) is 7.02. The fraction of sp³-hybridized carbons (Fsp3) is 0.435. The van der Waals surface area contributed by atoms with Crippen molar-refractivity contribution in [3.63, 3.8) is 0 Å². The van der Waals surface area contributed by atoms with Crippen molar-refractivity contribution >= 4 is 17.7 Å². The fourth-order valence-electron chi connectivity index (χ4n) is 3.49. The van der Waals surface area contributed by atoms with Crippen LogP contribution >= 0.6 is 0 Å². The molecule has 0 saturated carbocycles. The number of hydrogen-bond acceptors (Lipinski definition) is 3. The third-order valence-corrected chi connectivity index (χ3v) is 5.10. The molecule has 5 heteroatoms. The lowest BCUT2D eigenvalue weighted by Gasteiger charge is -2.14. The molecule has 1 aliphatic carbocycles. The van der Waals surface area contributed by atoms with Gasteiger partial charge in [0.05, 0.1) is 0 Å². The van der Waals surface area contributed by atoms with E-state index in [9.17, 15) is 14.4 Å². The highest BCUT2D eigenvalue weighted by Crippen LogP contribution is 2.18. The van der Waals surface area contributed by atoms with E-state index in [1.807, 2.05) is 24.3 Å². The number of imide groups is 1. The average molecular weight is 378 g/mol. The zero-order valence-electron chi connectivity index (χ0n) is 16.1. The van der Waals surface area contributed by atoms with Gasteiger partial charge in [-0.15, -0.1) is 5.92 Å². The minimum Gasteiger partial charge on any atom is -0.352 e. The zero-order valence-corrected chi connectivity index (χ0v) is 16.1. The molecule has 1 aliphatic heterocycles. The molecule has 0 bridgehead atoms. The maximum atomic E-state index is 12.3. The molecular weight excluding hydrogens is 352 g/mol. The van der Waals surface area contributed by atoms with Crippen molar-refractivity contribution in [3.05, 3.63) is 47.5 Å². The fourth-order valence-corrected chi connectivity index (χ4v) is 3.49. The van der Waals surface area contributed by atoms with Gasteiger partial charge in [-0.25, -0.2) is 0 Å². The summed E-state index contributed by atoms with van der Waals surface area (Å²) in [5.74, 6) is 6.35. The molecule has 5 nitrogen and oxygen atoms in total. The summed E-state index contributed by atoms with van der Waals surface area (Å²) in [5.41, 5.74) is 1.82. The topological polar surface area (TPSA) is 66.5 Å². The van der Waals surface area contributed by atoms with Gasteiger partial charge in [-0.3, -0.25) is 19.3 Å². The number of hydrogen-bond donors (Lipinski definition) is 1. The van der Waals surface area contributed by atoms with Crippen LogP contribution in [0.1, 0.15) is 54.4 Å². The molecule has 0 saturated heterocycles. The van der Waals surface area contributed by atoms with Gasteiger partial charge in [0.25, 0.3) is 17.7 Å². The van der Waals surface area contributed by atoms with Crippen molar-refractivity contribution in [2.75, 3.05) is 13.1 Å². The minimum atomic E-state index is -0.291. The van der Waals surface area contributed by atoms with Crippen LogP contribution in [0.4, 0.5) is 0 Å². The molecule has 1 atom stereocenters. The first-order valence-electron chi connectivity index (χ1n) is 10.0. The highest BCUT2D eigenvalue weighted by atomic mass is 16.2. The number of nitrogens with one attached hydrogen (secondary N) is 1. The van der Waals surface area contributed by atoms with E-state index in [0.717, 1.165) is 19.3 Å². The molecule has 0 radical (unpaired) electrons. The Balaban J connectivity index is 1.43. The molecule has 28 heavy (non-hydrogen) atoms. The first-order chi connectivity index (χ1) is 13.6. The third kappa shape index (κ3) is 5.56. The summed E-state index contributed by atoms with van der Waals surface area (Å²) < 4.78 is 0. The Hall–Kier alpha value is -2.87. The van der Waals surface area contributed by atoms with Crippen LogP contribution < -0.4 is 5.32 Å². The number of nitrogens with zero attached hydrogens (tertiary/aromatic N) is 1. The second kappa shape index (κ2) is 9.89. The summed E-state index contributed by atoms with van der Waals surface area (Å²) in [6.07, 6.45) is 9.87. The van der Waals surface area contributed by atoms with Crippen molar-refractivity contribution in [1.82, 2.24) is 10.2 Å². The van der Waals surface area contributed by atoms with Gasteiger partial charge in [0.15, 0.2) is 0 Å². The first kappa shape index (κ1) is 19.9. The average Bonchev–Trinajstić information content (AvgIpc) is 2.99. The van der Waals surface area contributed by atoms with Crippen molar-refractivity contribution < 1.29 is 14.4 Å². The Bertz CT molecular complexity index is 796. The van der Waals surface area contributed by atoms with Crippen LogP contribution in [-0.4, -0.2) is 35.7 Å². The maximum absolute atomic E-state index is 12.3. The first-order valence-corrected chi connectivity index (χ1v) is 10.0. The van der Waals surface area contributed by atoms with E-state index >= 15 is 0 Å². The second-order valence-electron chi connectivity index (χ2n) is 7.29. The Morgan fingerprint density at radius 1 is 1.07 bits per heavy atom. The number of carbonyl (C=O) groups is 3. The summed E-state index contributed by atoms with van der Waals surface area (Å²) in [7, 11) is 0. The van der Waals surface area contributed by atoms with E-state index in [4.69, 9.17) is 0 Å². The highest BCUT2D eigenvalue weighted by Gasteiger charge is 2.22. The summed E-state index contributed by atoms with van der Waals surface area (Å²) >= 11 is 0. The molecule has 2 aliphatic rings. The van der Waals surface area contributed by atoms with E-state index < -0.39 is 0 Å². The molecule has 1 N–H and O–H groups in total. The van der Waals surface area contributed by atoms with Crippen LogP contribution in [0.5, 0.6) is 0 Å². The van der Waals surface area contributed by atoms with Gasteiger partial charge in [-0.05, 0) is 43.4 Å². The van der Waals surface area contributed by atoms with Crippen LogP contribution in [0.3, 0.4) is 0 Å². The predicted octanol–water partition coefficient (Wildman–Crippen LogP) is 2.86. The third-order valence-electron chi connectivity index (χ3n) is 5.10. The largest absolute Gasteiger partial charge is 0.352 e. The van der Waals surface area contributed by atoms with Gasteiger partial charge in [0.1, 0.15) is 0 Å². The van der Waals surface area contributed by atoms with E-state index in [1.54, 1.807) is 0 Å². The quantitative estimate of drug-likeness (QED) is 0.451. The Labute approximate surface area is 166 Å². The lowest BCUT2D eigenvalue weighted by atomic mass is 9.92. The lowest BCUT2D eigenvalue weighted by Crippen LogP contribution is -2.33. The van der Waals surface area contributed by atoms with Crippen LogP contribution in [0.2, 0.25) is 0 Å². The minimum absolute atomic E-state index is 0.144. The Morgan fingerprint density at radius 2 is 1.82 bits per heavy atom. The van der Waals surface area contributed by atoms with Crippen LogP contribution in [0, 0.1) is 17.8 Å². The molecule has 1 aromatic rings. The van der Waals surface area contributed by atoms with Gasteiger partial charge in [0.2, 0.25) is 0 Å². The molecule has 0 spiro atoms. The van der Waals surface area contributed by atoms with E-state index in [2.05, 4.69) is 17.2 Å².